The number of carbonyl (C=O) groups is 1. The maximum Gasteiger partial charge on any atom is 0.345 e. The molecule has 140 valence electrons. The maximum atomic E-state index is 13.1. The summed E-state index contributed by atoms with van der Waals surface area (Å²) in [4.78, 5) is 12.8. The van der Waals surface area contributed by atoms with E-state index in [1.165, 1.54) is 37.4 Å². The second-order valence-corrected chi connectivity index (χ2v) is 7.55. The van der Waals surface area contributed by atoms with Crippen molar-refractivity contribution in [3.63, 3.8) is 0 Å². The van der Waals surface area contributed by atoms with Gasteiger partial charge in [0.25, 0.3) is 5.91 Å². The summed E-state index contributed by atoms with van der Waals surface area (Å²) in [7, 11) is -2.81. The molecule has 1 N–H and O–H groups in total. The molecule has 0 atom stereocenters. The van der Waals surface area contributed by atoms with Crippen LogP contribution in [0.4, 0.5) is 10.1 Å². The molecule has 0 spiro atoms. The monoisotopic (exact) mass is 387 g/mol. The minimum atomic E-state index is -4.07. The number of rotatable bonds is 4. The quantitative estimate of drug-likeness (QED) is 0.876. The highest BCUT2D eigenvalue weighted by atomic mass is 32.2. The molecule has 6 nitrogen and oxygen atoms in total. The van der Waals surface area contributed by atoms with Gasteiger partial charge in [0.1, 0.15) is 11.5 Å². The molecule has 0 saturated carbocycles. The van der Waals surface area contributed by atoms with Crippen molar-refractivity contribution < 1.29 is 17.6 Å². The fraction of sp³-hybridized carbons (Fsp3) is 0.158. The summed E-state index contributed by atoms with van der Waals surface area (Å²) in [6.07, 6.45) is 2.09. The number of carbonyl (C=O) groups excluding carboxylic acids is 1. The van der Waals surface area contributed by atoms with E-state index in [9.17, 15) is 17.6 Å². The number of allylic oxidation sites excluding steroid dienone is 1. The summed E-state index contributed by atoms with van der Waals surface area (Å²) in [6, 6.07) is 12.5. The first-order valence-electron chi connectivity index (χ1n) is 8.27. The van der Waals surface area contributed by atoms with Crippen molar-refractivity contribution in [2.75, 3.05) is 12.4 Å². The van der Waals surface area contributed by atoms with E-state index in [1.54, 1.807) is 12.1 Å². The van der Waals surface area contributed by atoms with E-state index >= 15 is 0 Å². The molecule has 1 heterocycles. The number of anilines is 1. The number of nitrogens with one attached hydrogen (secondary N) is 1. The number of halogens is 1. The molecule has 0 radical (unpaired) electrons. The Morgan fingerprint density at radius 2 is 1.81 bits per heavy atom. The Kier molecular flexibility index (Phi) is 5.09. The fourth-order valence-corrected chi connectivity index (χ4v) is 3.57. The molecule has 0 unspecified atom stereocenters. The highest BCUT2D eigenvalue weighted by molar-refractivity contribution is 7.88. The highest BCUT2D eigenvalue weighted by Crippen LogP contribution is 2.22. The van der Waals surface area contributed by atoms with Crippen molar-refractivity contribution >= 4 is 27.5 Å². The number of benzene rings is 2. The smallest absolute Gasteiger partial charge is 0.320 e. The Morgan fingerprint density at radius 1 is 1.15 bits per heavy atom. The predicted molar refractivity (Wildman–Crippen MR) is 102 cm³/mol. The maximum absolute atomic E-state index is 13.1. The van der Waals surface area contributed by atoms with Crippen molar-refractivity contribution in [2.24, 2.45) is 4.40 Å². The van der Waals surface area contributed by atoms with E-state index in [1.807, 2.05) is 19.1 Å². The van der Waals surface area contributed by atoms with Gasteiger partial charge in [-0.15, -0.1) is 4.40 Å². The van der Waals surface area contributed by atoms with Gasteiger partial charge >= 0.3 is 10.2 Å². The number of likely N-dealkylation sites (N-methyl/N-ethyl adjacent to an activating group) is 1. The lowest BCUT2D eigenvalue weighted by Gasteiger charge is -2.24. The Balaban J connectivity index is 1.98. The van der Waals surface area contributed by atoms with E-state index in [0.717, 1.165) is 9.87 Å². The molecule has 2 aromatic rings. The number of nitrogens with zero attached hydrogens (tertiary/aromatic N) is 2. The molecule has 0 saturated heterocycles. The fourth-order valence-electron chi connectivity index (χ4n) is 2.66. The van der Waals surface area contributed by atoms with Gasteiger partial charge in [-0.05, 0) is 48.4 Å². The van der Waals surface area contributed by atoms with E-state index < -0.39 is 21.9 Å². The predicted octanol–water partition coefficient (Wildman–Crippen LogP) is 2.89. The van der Waals surface area contributed by atoms with Gasteiger partial charge in [-0.3, -0.25) is 4.79 Å². The van der Waals surface area contributed by atoms with Crippen LogP contribution in [0.1, 0.15) is 18.1 Å². The van der Waals surface area contributed by atoms with Gasteiger partial charge in [-0.1, -0.05) is 25.1 Å². The van der Waals surface area contributed by atoms with Crippen molar-refractivity contribution in [3.8, 4) is 0 Å². The normalized spacial score (nSPS) is 15.7. The minimum Gasteiger partial charge on any atom is -0.320 e. The lowest BCUT2D eigenvalue weighted by atomic mass is 10.1. The van der Waals surface area contributed by atoms with Crippen LogP contribution in [0.25, 0.3) is 0 Å². The lowest BCUT2D eigenvalue weighted by molar-refractivity contribution is -0.113. The van der Waals surface area contributed by atoms with Gasteiger partial charge in [0, 0.05) is 18.3 Å². The van der Waals surface area contributed by atoms with Gasteiger partial charge in [0.15, 0.2) is 0 Å². The molecule has 3 rings (SSSR count). The Labute approximate surface area is 157 Å². The molecule has 8 heteroatoms. The topological polar surface area (TPSA) is 78.8 Å². The minimum absolute atomic E-state index is 0.0713. The van der Waals surface area contributed by atoms with E-state index in [-0.39, 0.29) is 11.4 Å². The van der Waals surface area contributed by atoms with Gasteiger partial charge < -0.3 is 5.32 Å². The number of aryl methyl sites for hydroxylation is 1. The molecule has 0 fully saturated rings. The van der Waals surface area contributed by atoms with Crippen LogP contribution in [0.2, 0.25) is 0 Å². The second kappa shape index (κ2) is 7.32. The first-order chi connectivity index (χ1) is 12.8. The molecule has 1 aliphatic heterocycles. The van der Waals surface area contributed by atoms with E-state index in [2.05, 4.69) is 9.71 Å². The zero-order chi connectivity index (χ0) is 19.6. The molecule has 0 bridgehead atoms. The number of hydrogen-bond donors (Lipinski definition) is 1. The summed E-state index contributed by atoms with van der Waals surface area (Å²) in [6.45, 7) is 1.96. The average molecular weight is 387 g/mol. The molecule has 27 heavy (non-hydrogen) atoms. The highest BCUT2D eigenvalue weighted by Gasteiger charge is 2.30. The summed E-state index contributed by atoms with van der Waals surface area (Å²) >= 11 is 0. The Hall–Kier alpha value is -3.00. The number of hydrogen-bond acceptors (Lipinski definition) is 3. The van der Waals surface area contributed by atoms with Crippen molar-refractivity contribution in [1.29, 1.82) is 0 Å². The third-order valence-electron chi connectivity index (χ3n) is 4.19. The third kappa shape index (κ3) is 3.90. The van der Waals surface area contributed by atoms with Gasteiger partial charge in [0.2, 0.25) is 0 Å². The summed E-state index contributed by atoms with van der Waals surface area (Å²) in [5, 5.41) is 2.75. The molecule has 1 amide bonds. The second-order valence-electron chi connectivity index (χ2n) is 5.92. The van der Waals surface area contributed by atoms with Crippen molar-refractivity contribution in [2.45, 2.75) is 13.3 Å². The summed E-state index contributed by atoms with van der Waals surface area (Å²) in [5.74, 6) is -1.02. The van der Waals surface area contributed by atoms with Crippen LogP contribution in [-0.4, -0.2) is 31.4 Å². The largest absolute Gasteiger partial charge is 0.345 e. The van der Waals surface area contributed by atoms with Crippen LogP contribution >= 0.6 is 0 Å². The first-order valence-corrected chi connectivity index (χ1v) is 9.67. The van der Waals surface area contributed by atoms with Crippen molar-refractivity contribution in [3.05, 3.63) is 77.2 Å². The standard InChI is InChI=1S/C19H18FN3O3S/c1-3-13-6-4-5-7-16(13)21-19(24)18-12-17(22-27(25,26)23(18)2)14-8-10-15(20)11-9-14/h4-12H,3H2,1-2H3,(H,21,24). The molecule has 2 aromatic carbocycles. The zero-order valence-corrected chi connectivity index (χ0v) is 15.6. The van der Waals surface area contributed by atoms with Crippen molar-refractivity contribution in [1.82, 2.24) is 4.31 Å². The lowest BCUT2D eigenvalue weighted by Crippen LogP contribution is -2.35. The molecule has 0 aliphatic carbocycles. The molecule has 0 aromatic heterocycles. The molecular weight excluding hydrogens is 369 g/mol. The Bertz CT molecular complexity index is 1040. The van der Waals surface area contributed by atoms with Crippen LogP contribution < -0.4 is 5.32 Å². The van der Waals surface area contributed by atoms with E-state index in [0.29, 0.717) is 17.7 Å². The molecule has 1 aliphatic rings. The van der Waals surface area contributed by atoms with E-state index in [4.69, 9.17) is 0 Å². The number of amides is 1. The van der Waals surface area contributed by atoms with Gasteiger partial charge in [0.05, 0.1) is 5.71 Å². The van der Waals surface area contributed by atoms with Gasteiger partial charge in [-0.25, -0.2) is 8.70 Å². The van der Waals surface area contributed by atoms with Crippen LogP contribution in [0.3, 0.4) is 0 Å². The van der Waals surface area contributed by atoms with Gasteiger partial charge in [-0.2, -0.15) is 8.42 Å². The van der Waals surface area contributed by atoms with Crippen LogP contribution in [0.5, 0.6) is 0 Å². The van der Waals surface area contributed by atoms with Crippen LogP contribution in [-0.2, 0) is 21.4 Å². The van der Waals surface area contributed by atoms with Crippen LogP contribution in [0, 0.1) is 5.82 Å². The average Bonchev–Trinajstić information content (AvgIpc) is 2.64. The SMILES string of the molecule is CCc1ccccc1NC(=O)C1=CC(c2ccc(F)cc2)=NS(=O)(=O)N1C. The number of para-hydroxylation sites is 1. The Morgan fingerprint density at radius 3 is 2.48 bits per heavy atom. The summed E-state index contributed by atoms with van der Waals surface area (Å²) in [5.41, 5.74) is 1.94. The zero-order valence-electron chi connectivity index (χ0n) is 14.8. The van der Waals surface area contributed by atoms with Crippen LogP contribution in [0.15, 0.2) is 64.7 Å². The third-order valence-corrected chi connectivity index (χ3v) is 5.51. The molecular formula is C19H18FN3O3S. The first kappa shape index (κ1) is 18.8. The summed E-state index contributed by atoms with van der Waals surface area (Å²) < 4.78 is 42.4.